The molecule has 14 heteroatoms. The highest BCUT2D eigenvalue weighted by Gasteiger charge is 1.95. The molecule has 0 aliphatic heterocycles. The average molecular weight is 260 g/mol. The first kappa shape index (κ1) is 14.7. The second-order valence-corrected chi connectivity index (χ2v) is 2.23. The molecule has 0 radical (unpaired) electrons. The molecule has 0 heterocycles. The van der Waals surface area contributed by atoms with Crippen molar-refractivity contribution >= 4 is 24.3 Å². The number of hydrogen-bond acceptors (Lipinski definition) is 6. The van der Waals surface area contributed by atoms with Crippen molar-refractivity contribution in [3.8, 4) is 0 Å². The number of nitro groups is 2. The third-order valence-corrected chi connectivity index (χ3v) is 0.953. The Labute approximate surface area is 98.4 Å². The van der Waals surface area contributed by atoms with Gasteiger partial charge in [-0.2, -0.15) is 10.2 Å². The molecule has 0 spiro atoms. The van der Waals surface area contributed by atoms with Gasteiger partial charge < -0.3 is 11.5 Å². The fourth-order valence-electron chi connectivity index (χ4n) is 0.494. The largest absolute Gasteiger partial charge is 0.363 e. The van der Waals surface area contributed by atoms with Gasteiger partial charge in [-0.3, -0.25) is 0 Å². The Hall–Kier alpha value is -3.32. The maximum absolute atomic E-state index is 9.84. The highest BCUT2D eigenvalue weighted by molar-refractivity contribution is 6.16. The van der Waals surface area contributed by atoms with Crippen molar-refractivity contribution in [1.29, 1.82) is 0 Å². The maximum Gasteiger partial charge on any atom is 0.286 e. The Morgan fingerprint density at radius 3 is 1.56 bits per heavy atom. The van der Waals surface area contributed by atoms with Crippen molar-refractivity contribution in [2.45, 2.75) is 0 Å². The van der Waals surface area contributed by atoms with E-state index in [9.17, 15) is 20.2 Å². The molecule has 18 heavy (non-hydrogen) atoms. The molecule has 0 saturated carbocycles. The Balaban J connectivity index is 4.03. The predicted octanol–water partition coefficient (Wildman–Crippen LogP) is -2.85. The van der Waals surface area contributed by atoms with Crippen LogP contribution in [0.2, 0.25) is 0 Å². The van der Waals surface area contributed by atoms with E-state index in [4.69, 9.17) is 11.5 Å². The summed E-state index contributed by atoms with van der Waals surface area (Å²) in [4.78, 5) is 19.7. The molecule has 0 saturated heterocycles. The van der Waals surface area contributed by atoms with Crippen molar-refractivity contribution in [1.82, 2.24) is 10.9 Å². The zero-order valence-electron chi connectivity index (χ0n) is 8.63. The molecule has 0 aromatic rings. The molecule has 0 atom stereocenters. The van der Waals surface area contributed by atoms with Gasteiger partial charge in [0.15, 0.2) is 10.1 Å². The second kappa shape index (κ2) is 7.91. The highest BCUT2D eigenvalue weighted by atomic mass is 16.7. The van der Waals surface area contributed by atoms with Crippen molar-refractivity contribution < 1.29 is 10.1 Å². The highest BCUT2D eigenvalue weighted by Crippen LogP contribution is 1.69. The molecule has 14 nitrogen and oxygen atoms in total. The standard InChI is InChI=1S/C4H8N10O4/c5-3(11-13(15)16)9-7-1-2-8-10-4(6)12-14(17)18/h1-2H,(H3,5,9,11)(H3,6,10,12)/b7-1-,8-2-. The Kier molecular flexibility index (Phi) is 6.45. The van der Waals surface area contributed by atoms with Crippen LogP contribution in [0.25, 0.3) is 0 Å². The van der Waals surface area contributed by atoms with Crippen LogP contribution >= 0.6 is 0 Å². The summed E-state index contributed by atoms with van der Waals surface area (Å²) in [5.74, 6) is -1.07. The SMILES string of the molecule is N/C(=N\[N+](=O)[O-])N/N=C\C=N/N/C(N)=N/[N+](=O)[O-]. The van der Waals surface area contributed by atoms with E-state index in [1.54, 1.807) is 0 Å². The monoisotopic (exact) mass is 260 g/mol. The number of rotatable bonds is 5. The first-order chi connectivity index (χ1) is 8.41. The van der Waals surface area contributed by atoms with Gasteiger partial charge >= 0.3 is 0 Å². The van der Waals surface area contributed by atoms with Crippen LogP contribution in [0.15, 0.2) is 20.4 Å². The van der Waals surface area contributed by atoms with E-state index in [1.165, 1.54) is 0 Å². The lowest BCUT2D eigenvalue weighted by atomic mass is 10.8. The zero-order valence-corrected chi connectivity index (χ0v) is 8.63. The van der Waals surface area contributed by atoms with Crippen molar-refractivity contribution in [3.05, 3.63) is 20.2 Å². The summed E-state index contributed by atoms with van der Waals surface area (Å²) in [5, 5.41) is 29.7. The predicted molar refractivity (Wildman–Crippen MR) is 60.5 cm³/mol. The number of hydrogen-bond donors (Lipinski definition) is 4. The Morgan fingerprint density at radius 2 is 1.28 bits per heavy atom. The van der Waals surface area contributed by atoms with E-state index in [2.05, 4.69) is 20.4 Å². The third kappa shape index (κ3) is 9.24. The van der Waals surface area contributed by atoms with E-state index in [1.807, 2.05) is 10.9 Å². The summed E-state index contributed by atoms with van der Waals surface area (Å²) in [6, 6.07) is 0. The minimum Gasteiger partial charge on any atom is -0.363 e. The molecule has 0 fully saturated rings. The van der Waals surface area contributed by atoms with Crippen LogP contribution in [0.4, 0.5) is 0 Å². The average Bonchev–Trinajstić information content (AvgIpc) is 2.20. The Morgan fingerprint density at radius 1 is 0.944 bits per heavy atom. The van der Waals surface area contributed by atoms with Gasteiger partial charge in [0.25, 0.3) is 11.9 Å². The van der Waals surface area contributed by atoms with Crippen molar-refractivity contribution in [3.63, 3.8) is 0 Å². The van der Waals surface area contributed by atoms with Gasteiger partial charge in [-0.15, -0.1) is 0 Å². The van der Waals surface area contributed by atoms with Crippen LogP contribution in [0, 0.1) is 20.2 Å². The molecular formula is C4H8N10O4. The fraction of sp³-hybridized carbons (Fsp3) is 0. The van der Waals surface area contributed by atoms with Crippen molar-refractivity contribution in [2.75, 3.05) is 0 Å². The molecule has 98 valence electrons. The second-order valence-electron chi connectivity index (χ2n) is 2.23. The molecule has 0 unspecified atom stereocenters. The normalized spacial score (nSPS) is 12.9. The molecule has 0 rings (SSSR count). The lowest BCUT2D eigenvalue weighted by Gasteiger charge is -1.92. The van der Waals surface area contributed by atoms with Gasteiger partial charge in [0.2, 0.25) is 0 Å². The number of nitrogens with zero attached hydrogens (tertiary/aromatic N) is 6. The summed E-state index contributed by atoms with van der Waals surface area (Å²) >= 11 is 0. The van der Waals surface area contributed by atoms with Gasteiger partial charge in [-0.05, 0) is 0 Å². The molecule has 0 aromatic carbocycles. The summed E-state index contributed by atoms with van der Waals surface area (Å²) in [7, 11) is 0. The van der Waals surface area contributed by atoms with Crippen LogP contribution in [0.5, 0.6) is 0 Å². The number of nitrogens with two attached hydrogens (primary N) is 2. The molecule has 0 aliphatic rings. The van der Waals surface area contributed by atoms with Gasteiger partial charge in [0.1, 0.15) is 10.2 Å². The van der Waals surface area contributed by atoms with Gasteiger partial charge in [0, 0.05) is 0 Å². The third-order valence-electron chi connectivity index (χ3n) is 0.953. The molecule has 0 aromatic heterocycles. The van der Waals surface area contributed by atoms with E-state index < -0.39 is 22.0 Å². The fourth-order valence-corrected chi connectivity index (χ4v) is 0.494. The van der Waals surface area contributed by atoms with Crippen LogP contribution in [-0.4, -0.2) is 34.4 Å². The Bertz CT molecular complexity index is 384. The molecule has 6 N–H and O–H groups in total. The van der Waals surface area contributed by atoms with Gasteiger partial charge in [-0.1, -0.05) is 0 Å². The molecular weight excluding hydrogens is 252 g/mol. The number of nitrogens with one attached hydrogen (secondary N) is 2. The van der Waals surface area contributed by atoms with Gasteiger partial charge in [0.05, 0.1) is 12.4 Å². The van der Waals surface area contributed by atoms with E-state index in [-0.39, 0.29) is 0 Å². The smallest absolute Gasteiger partial charge is 0.286 e. The van der Waals surface area contributed by atoms with Crippen LogP contribution in [0.1, 0.15) is 0 Å². The number of hydrazone groups is 4. The topological polar surface area (TPSA) is 212 Å². The van der Waals surface area contributed by atoms with Gasteiger partial charge in [-0.25, -0.2) is 31.1 Å². The first-order valence-corrected chi connectivity index (χ1v) is 3.95. The summed E-state index contributed by atoms with van der Waals surface area (Å²) in [6.07, 6.45) is 2.05. The summed E-state index contributed by atoms with van der Waals surface area (Å²) < 4.78 is 0. The maximum atomic E-state index is 9.84. The number of guanidine groups is 2. The lowest BCUT2D eigenvalue weighted by Crippen LogP contribution is -2.29. The first-order valence-electron chi connectivity index (χ1n) is 3.95. The minimum atomic E-state index is -1.01. The van der Waals surface area contributed by atoms with E-state index in [0.29, 0.717) is 0 Å². The summed E-state index contributed by atoms with van der Waals surface area (Å²) in [6.45, 7) is 0. The molecule has 0 bridgehead atoms. The van der Waals surface area contributed by atoms with Crippen LogP contribution in [0.3, 0.4) is 0 Å². The lowest BCUT2D eigenvalue weighted by molar-refractivity contribution is -0.485. The van der Waals surface area contributed by atoms with Crippen LogP contribution < -0.4 is 22.3 Å². The zero-order chi connectivity index (χ0) is 14.0. The van der Waals surface area contributed by atoms with Crippen molar-refractivity contribution in [2.24, 2.45) is 31.9 Å². The van der Waals surface area contributed by atoms with E-state index >= 15 is 0 Å². The minimum absolute atomic E-state index is 0.535. The molecule has 0 aliphatic carbocycles. The van der Waals surface area contributed by atoms with E-state index in [0.717, 1.165) is 12.4 Å². The molecule has 0 amide bonds. The van der Waals surface area contributed by atoms with Crippen LogP contribution in [-0.2, 0) is 0 Å². The quantitative estimate of drug-likeness (QED) is 0.174. The summed E-state index contributed by atoms with van der Waals surface area (Å²) in [5.41, 5.74) is 14.0.